The van der Waals surface area contributed by atoms with Gasteiger partial charge in [0, 0.05) is 42.8 Å². The van der Waals surface area contributed by atoms with Crippen LogP contribution in [0.3, 0.4) is 0 Å². The van der Waals surface area contributed by atoms with Crippen molar-refractivity contribution in [3.05, 3.63) is 59.5 Å². The molecule has 6 heteroatoms. The number of aryl methyl sites for hydroxylation is 2. The Kier molecular flexibility index (Phi) is 5.57. The molecule has 2 heterocycles. The van der Waals surface area contributed by atoms with Gasteiger partial charge in [0.25, 0.3) is 0 Å². The number of piperazine rings is 1. The molecule has 0 unspecified atom stereocenters. The number of nitrogens with zero attached hydrogens (tertiary/aromatic N) is 4. The normalized spacial score (nSPS) is 14.4. The molecule has 1 fully saturated rings. The molecule has 1 aliphatic heterocycles. The van der Waals surface area contributed by atoms with Gasteiger partial charge in [0.15, 0.2) is 0 Å². The second-order valence-electron chi connectivity index (χ2n) is 8.18. The Balaban J connectivity index is 1.47. The molecule has 0 radical (unpaired) electrons. The molecular weight excluding hydrogens is 374 g/mol. The van der Waals surface area contributed by atoms with E-state index in [1.807, 2.05) is 42.2 Å². The predicted molar refractivity (Wildman–Crippen MR) is 122 cm³/mol. The number of hydrogen-bond acceptors (Lipinski definition) is 4. The molecule has 1 aliphatic rings. The van der Waals surface area contributed by atoms with Crippen molar-refractivity contribution in [1.29, 1.82) is 0 Å². The fourth-order valence-electron chi connectivity index (χ4n) is 4.27. The van der Waals surface area contributed by atoms with Crippen molar-refractivity contribution in [2.45, 2.75) is 33.6 Å². The number of anilines is 2. The van der Waals surface area contributed by atoms with E-state index in [2.05, 4.69) is 48.1 Å². The van der Waals surface area contributed by atoms with Gasteiger partial charge in [-0.25, -0.2) is 14.8 Å². The van der Waals surface area contributed by atoms with Gasteiger partial charge in [-0.2, -0.15) is 0 Å². The molecule has 0 bridgehead atoms. The van der Waals surface area contributed by atoms with Crippen molar-refractivity contribution >= 4 is 28.3 Å². The molecule has 3 aromatic rings. The molecule has 0 saturated carbocycles. The molecule has 1 saturated heterocycles. The highest BCUT2D eigenvalue weighted by atomic mass is 16.2. The van der Waals surface area contributed by atoms with E-state index < -0.39 is 0 Å². The number of amides is 2. The molecular formula is C24H29N5O. The van der Waals surface area contributed by atoms with Crippen molar-refractivity contribution in [3.63, 3.8) is 0 Å². The number of hydrogen-bond donors (Lipinski definition) is 1. The third kappa shape index (κ3) is 3.95. The molecule has 0 spiro atoms. The molecule has 0 aliphatic carbocycles. The maximum absolute atomic E-state index is 12.9. The maximum Gasteiger partial charge on any atom is 0.321 e. The van der Waals surface area contributed by atoms with E-state index in [0.29, 0.717) is 19.0 Å². The van der Waals surface area contributed by atoms with Gasteiger partial charge < -0.3 is 15.1 Å². The lowest BCUT2D eigenvalue weighted by atomic mass is 10.0. The topological polar surface area (TPSA) is 61.4 Å². The molecule has 1 aromatic heterocycles. The van der Waals surface area contributed by atoms with Crippen LogP contribution in [0.25, 0.3) is 10.8 Å². The minimum absolute atomic E-state index is 0.0508. The quantitative estimate of drug-likeness (QED) is 0.687. The predicted octanol–water partition coefficient (Wildman–Crippen LogP) is 4.72. The smallest absolute Gasteiger partial charge is 0.321 e. The van der Waals surface area contributed by atoms with Crippen molar-refractivity contribution in [3.8, 4) is 0 Å². The number of rotatable bonds is 3. The van der Waals surface area contributed by atoms with E-state index >= 15 is 0 Å². The number of urea groups is 1. The first-order valence-corrected chi connectivity index (χ1v) is 10.6. The molecule has 1 N–H and O–H groups in total. The third-order valence-electron chi connectivity index (χ3n) is 5.70. The zero-order valence-corrected chi connectivity index (χ0v) is 18.1. The number of aromatic nitrogens is 2. The van der Waals surface area contributed by atoms with Crippen molar-refractivity contribution in [1.82, 2.24) is 14.9 Å². The van der Waals surface area contributed by atoms with Gasteiger partial charge in [0.2, 0.25) is 0 Å². The van der Waals surface area contributed by atoms with E-state index in [-0.39, 0.29) is 6.03 Å². The highest BCUT2D eigenvalue weighted by Gasteiger charge is 2.25. The van der Waals surface area contributed by atoms with Crippen LogP contribution in [-0.2, 0) is 0 Å². The summed E-state index contributed by atoms with van der Waals surface area (Å²) < 4.78 is 0. The van der Waals surface area contributed by atoms with Gasteiger partial charge >= 0.3 is 6.03 Å². The Hall–Kier alpha value is -3.15. The largest absolute Gasteiger partial charge is 0.353 e. The minimum Gasteiger partial charge on any atom is -0.353 e. The second kappa shape index (κ2) is 8.30. The first-order chi connectivity index (χ1) is 14.4. The first-order valence-electron chi connectivity index (χ1n) is 10.6. The van der Waals surface area contributed by atoms with Gasteiger partial charge in [-0.1, -0.05) is 50.2 Å². The molecule has 30 heavy (non-hydrogen) atoms. The molecule has 6 nitrogen and oxygen atoms in total. The van der Waals surface area contributed by atoms with Crippen LogP contribution in [0, 0.1) is 13.8 Å². The van der Waals surface area contributed by atoms with E-state index in [1.54, 1.807) is 0 Å². The van der Waals surface area contributed by atoms with E-state index in [0.717, 1.165) is 46.9 Å². The highest BCUT2D eigenvalue weighted by Crippen LogP contribution is 2.29. The summed E-state index contributed by atoms with van der Waals surface area (Å²) in [6, 6.07) is 14.0. The summed E-state index contributed by atoms with van der Waals surface area (Å²) in [5.74, 6) is 2.17. The molecule has 0 atom stereocenters. The second-order valence-corrected chi connectivity index (χ2v) is 8.18. The van der Waals surface area contributed by atoms with Crippen molar-refractivity contribution in [2.24, 2.45) is 0 Å². The third-order valence-corrected chi connectivity index (χ3v) is 5.70. The number of carbonyl (C=O) groups excluding carboxylic acids is 1. The average Bonchev–Trinajstić information content (AvgIpc) is 2.73. The molecule has 156 valence electrons. The van der Waals surface area contributed by atoms with Gasteiger partial charge in [0.05, 0.1) is 5.69 Å². The van der Waals surface area contributed by atoms with Gasteiger partial charge in [-0.15, -0.1) is 0 Å². The monoisotopic (exact) mass is 403 g/mol. The highest BCUT2D eigenvalue weighted by molar-refractivity contribution is 6.01. The molecule has 2 amide bonds. The van der Waals surface area contributed by atoms with Crippen LogP contribution >= 0.6 is 0 Å². The van der Waals surface area contributed by atoms with E-state index in [1.165, 1.54) is 5.56 Å². The first kappa shape index (κ1) is 20.1. The Morgan fingerprint density at radius 2 is 1.67 bits per heavy atom. The van der Waals surface area contributed by atoms with Crippen LogP contribution in [0.5, 0.6) is 0 Å². The van der Waals surface area contributed by atoms with Crippen LogP contribution in [0.4, 0.5) is 16.3 Å². The van der Waals surface area contributed by atoms with Crippen LogP contribution in [0.15, 0.2) is 42.5 Å². The van der Waals surface area contributed by atoms with Gasteiger partial charge in [0.1, 0.15) is 11.6 Å². The van der Waals surface area contributed by atoms with Gasteiger partial charge in [-0.05, 0) is 31.2 Å². The zero-order valence-electron chi connectivity index (χ0n) is 18.1. The molecule has 4 rings (SSSR count). The Bertz CT molecular complexity index is 1070. The lowest BCUT2D eigenvalue weighted by Gasteiger charge is -2.37. The lowest BCUT2D eigenvalue weighted by Crippen LogP contribution is -2.50. The number of benzene rings is 2. The minimum atomic E-state index is -0.0508. The Labute approximate surface area is 177 Å². The van der Waals surface area contributed by atoms with Crippen molar-refractivity contribution < 1.29 is 4.79 Å². The SMILES string of the molecule is Cc1nc(C)c(C(C)C)c(N2CCN(C(=O)Nc3cccc4ccccc34)CC2)n1. The summed E-state index contributed by atoms with van der Waals surface area (Å²) in [5, 5.41) is 5.28. The van der Waals surface area contributed by atoms with Crippen LogP contribution < -0.4 is 10.2 Å². The van der Waals surface area contributed by atoms with Gasteiger partial charge in [-0.3, -0.25) is 0 Å². The summed E-state index contributed by atoms with van der Waals surface area (Å²) in [5.41, 5.74) is 3.10. The summed E-state index contributed by atoms with van der Waals surface area (Å²) in [6.07, 6.45) is 0. The summed E-state index contributed by atoms with van der Waals surface area (Å²) >= 11 is 0. The Morgan fingerprint density at radius 1 is 0.967 bits per heavy atom. The fraction of sp³-hybridized carbons (Fsp3) is 0.375. The fourth-order valence-corrected chi connectivity index (χ4v) is 4.27. The summed E-state index contributed by atoms with van der Waals surface area (Å²) in [6.45, 7) is 11.2. The number of fused-ring (bicyclic) bond motifs is 1. The number of carbonyl (C=O) groups is 1. The lowest BCUT2D eigenvalue weighted by molar-refractivity contribution is 0.208. The maximum atomic E-state index is 12.9. The van der Waals surface area contributed by atoms with Crippen LogP contribution in [0.2, 0.25) is 0 Å². The average molecular weight is 404 g/mol. The summed E-state index contributed by atoms with van der Waals surface area (Å²) in [4.78, 5) is 26.4. The standard InChI is InChI=1S/C24H29N5O/c1-16(2)22-17(3)25-18(4)26-23(22)28-12-14-29(15-13-28)24(30)27-21-11-7-9-19-8-5-6-10-20(19)21/h5-11,16H,12-15H2,1-4H3,(H,27,30). The van der Waals surface area contributed by atoms with Crippen LogP contribution in [0.1, 0.15) is 36.8 Å². The van der Waals surface area contributed by atoms with E-state index in [9.17, 15) is 4.79 Å². The summed E-state index contributed by atoms with van der Waals surface area (Å²) in [7, 11) is 0. The number of nitrogens with one attached hydrogen (secondary N) is 1. The van der Waals surface area contributed by atoms with E-state index in [4.69, 9.17) is 4.98 Å². The Morgan fingerprint density at radius 3 is 2.40 bits per heavy atom. The van der Waals surface area contributed by atoms with Crippen LogP contribution in [-0.4, -0.2) is 47.1 Å². The zero-order chi connectivity index (χ0) is 21.3. The van der Waals surface area contributed by atoms with Crippen molar-refractivity contribution in [2.75, 3.05) is 36.4 Å². The molecule has 2 aromatic carbocycles.